The first-order chi connectivity index (χ1) is 10.3. The second kappa shape index (κ2) is 3.82. The Balaban J connectivity index is 1.51. The number of fused-ring (bicyclic) bond motifs is 1. The van der Waals surface area contributed by atoms with E-state index in [2.05, 4.69) is 10.3 Å². The molecule has 2 aromatic rings. The Hall–Kier alpha value is -1.95. The third-order valence-corrected chi connectivity index (χ3v) is 5.50. The highest BCUT2D eigenvalue weighted by Gasteiger charge is 2.66. The molecule has 1 aliphatic carbocycles. The molecular formula is C15H15N3O3. The maximum atomic E-state index is 12.9. The third kappa shape index (κ3) is 1.33. The second-order valence-corrected chi connectivity index (χ2v) is 6.35. The van der Waals surface area contributed by atoms with E-state index in [1.165, 1.54) is 12.8 Å². The van der Waals surface area contributed by atoms with Crippen molar-refractivity contribution in [2.75, 3.05) is 13.2 Å². The van der Waals surface area contributed by atoms with Gasteiger partial charge in [-0.1, -0.05) is 6.42 Å². The molecule has 6 nitrogen and oxygen atoms in total. The summed E-state index contributed by atoms with van der Waals surface area (Å²) in [6.45, 7) is 1.49. The lowest BCUT2D eigenvalue weighted by Gasteiger charge is -2.56. The highest BCUT2D eigenvalue weighted by molar-refractivity contribution is 5.98. The maximum absolute atomic E-state index is 12.9. The Labute approximate surface area is 121 Å². The smallest absolute Gasteiger partial charge is 0.254 e. The molecule has 1 spiro atoms. The minimum absolute atomic E-state index is 0.0814. The number of ether oxygens (including phenoxy) is 1. The highest BCUT2D eigenvalue weighted by Crippen LogP contribution is 2.57. The van der Waals surface area contributed by atoms with Crippen molar-refractivity contribution in [1.29, 1.82) is 0 Å². The molecule has 2 saturated heterocycles. The number of likely N-dealkylation sites (tertiary alicyclic amines) is 1. The van der Waals surface area contributed by atoms with Crippen LogP contribution in [-0.2, 0) is 4.74 Å². The fourth-order valence-electron chi connectivity index (χ4n) is 4.51. The Morgan fingerprint density at radius 2 is 2.19 bits per heavy atom. The van der Waals surface area contributed by atoms with Gasteiger partial charge in [-0.15, -0.1) is 0 Å². The van der Waals surface area contributed by atoms with E-state index in [0.717, 1.165) is 13.0 Å². The predicted octanol–water partition coefficient (Wildman–Crippen LogP) is 1.62. The molecule has 0 bridgehead atoms. The Bertz CT molecular complexity index is 721. The van der Waals surface area contributed by atoms with Gasteiger partial charge in [0.15, 0.2) is 0 Å². The number of benzene rings is 1. The van der Waals surface area contributed by atoms with Crippen LogP contribution in [0.15, 0.2) is 22.8 Å². The fourth-order valence-corrected chi connectivity index (χ4v) is 4.51. The van der Waals surface area contributed by atoms with E-state index >= 15 is 0 Å². The molecule has 108 valence electrons. The minimum atomic E-state index is 0.0814. The van der Waals surface area contributed by atoms with E-state index in [0.29, 0.717) is 29.2 Å². The summed E-state index contributed by atoms with van der Waals surface area (Å²) < 4.78 is 10.4. The molecule has 3 heterocycles. The van der Waals surface area contributed by atoms with Crippen LogP contribution in [0.5, 0.6) is 0 Å². The zero-order chi connectivity index (χ0) is 14.0. The van der Waals surface area contributed by atoms with E-state index in [-0.39, 0.29) is 17.4 Å². The summed E-state index contributed by atoms with van der Waals surface area (Å²) in [6.07, 6.45) is 3.48. The van der Waals surface area contributed by atoms with E-state index in [1.54, 1.807) is 18.2 Å². The Kier molecular flexibility index (Phi) is 2.13. The summed E-state index contributed by atoms with van der Waals surface area (Å²) in [7, 11) is 0. The third-order valence-electron chi connectivity index (χ3n) is 5.50. The van der Waals surface area contributed by atoms with Crippen LogP contribution in [-0.4, -0.2) is 46.4 Å². The maximum Gasteiger partial charge on any atom is 0.254 e. The largest absolute Gasteiger partial charge is 0.379 e. The number of carbonyl (C=O) groups is 1. The molecule has 3 fully saturated rings. The molecule has 6 heteroatoms. The molecule has 3 atom stereocenters. The molecule has 1 saturated carbocycles. The number of aromatic nitrogens is 2. The van der Waals surface area contributed by atoms with Crippen molar-refractivity contribution < 1.29 is 14.2 Å². The summed E-state index contributed by atoms with van der Waals surface area (Å²) in [6, 6.07) is 5.96. The van der Waals surface area contributed by atoms with Gasteiger partial charge in [0.05, 0.1) is 19.3 Å². The van der Waals surface area contributed by atoms with Crippen molar-refractivity contribution in [2.24, 2.45) is 5.41 Å². The quantitative estimate of drug-likeness (QED) is 0.796. The molecule has 3 unspecified atom stereocenters. The van der Waals surface area contributed by atoms with Gasteiger partial charge >= 0.3 is 0 Å². The molecule has 0 N–H and O–H groups in total. The number of nitrogens with zero attached hydrogens (tertiary/aromatic N) is 3. The van der Waals surface area contributed by atoms with Crippen molar-refractivity contribution in [3.05, 3.63) is 23.8 Å². The molecule has 2 aliphatic heterocycles. The lowest BCUT2D eigenvalue weighted by molar-refractivity contribution is -0.0620. The average molecular weight is 285 g/mol. The van der Waals surface area contributed by atoms with Crippen molar-refractivity contribution in [2.45, 2.75) is 31.3 Å². The summed E-state index contributed by atoms with van der Waals surface area (Å²) >= 11 is 0. The molecule has 1 aromatic carbocycles. The average Bonchev–Trinajstić information content (AvgIpc) is 3.19. The van der Waals surface area contributed by atoms with E-state index < -0.39 is 0 Å². The second-order valence-electron chi connectivity index (χ2n) is 6.35. The summed E-state index contributed by atoms with van der Waals surface area (Å²) in [4.78, 5) is 14.9. The van der Waals surface area contributed by atoms with Crippen LogP contribution < -0.4 is 0 Å². The molecule has 3 aliphatic rings. The monoisotopic (exact) mass is 285 g/mol. The van der Waals surface area contributed by atoms with Gasteiger partial charge < -0.3 is 9.64 Å². The van der Waals surface area contributed by atoms with Crippen LogP contribution in [0.2, 0.25) is 0 Å². The van der Waals surface area contributed by atoms with Gasteiger partial charge in [-0.2, -0.15) is 0 Å². The topological polar surface area (TPSA) is 68.5 Å². The van der Waals surface area contributed by atoms with Crippen molar-refractivity contribution in [1.82, 2.24) is 15.2 Å². The minimum Gasteiger partial charge on any atom is -0.379 e. The van der Waals surface area contributed by atoms with Crippen LogP contribution in [0, 0.1) is 5.41 Å². The SMILES string of the molecule is O=C(c1ccc2nonc2c1)N1C2CCCC23COCC13. The lowest BCUT2D eigenvalue weighted by Crippen LogP contribution is -2.70. The zero-order valence-corrected chi connectivity index (χ0v) is 11.5. The summed E-state index contributed by atoms with van der Waals surface area (Å²) in [5.74, 6) is 0.0814. The standard InChI is InChI=1S/C15H15N3O3/c19-14(9-3-4-10-11(6-9)17-21-16-10)18-12-2-1-5-15(12)8-20-7-13(15)18/h3-4,6,12-13H,1-2,5,7-8H2. The Morgan fingerprint density at radius 3 is 3.14 bits per heavy atom. The number of amides is 1. The first-order valence-corrected chi connectivity index (χ1v) is 7.42. The summed E-state index contributed by atoms with van der Waals surface area (Å²) in [5.41, 5.74) is 2.21. The van der Waals surface area contributed by atoms with Crippen LogP contribution in [0.4, 0.5) is 0 Å². The number of hydrogen-bond donors (Lipinski definition) is 0. The number of carbonyl (C=O) groups excluding carboxylic acids is 1. The first-order valence-electron chi connectivity index (χ1n) is 7.42. The molecule has 0 radical (unpaired) electrons. The van der Waals surface area contributed by atoms with Crippen LogP contribution in [0.3, 0.4) is 0 Å². The van der Waals surface area contributed by atoms with Crippen LogP contribution in [0.25, 0.3) is 11.0 Å². The van der Waals surface area contributed by atoms with Gasteiger partial charge in [0.2, 0.25) is 0 Å². The van der Waals surface area contributed by atoms with Gasteiger partial charge in [0.25, 0.3) is 5.91 Å². The Morgan fingerprint density at radius 1 is 1.29 bits per heavy atom. The predicted molar refractivity (Wildman–Crippen MR) is 72.7 cm³/mol. The van der Waals surface area contributed by atoms with Gasteiger partial charge in [-0.3, -0.25) is 4.79 Å². The molecule has 5 rings (SSSR count). The normalized spacial score (nSPS) is 33.8. The molecule has 1 aromatic heterocycles. The highest BCUT2D eigenvalue weighted by atomic mass is 16.6. The fraction of sp³-hybridized carbons (Fsp3) is 0.533. The summed E-state index contributed by atoms with van der Waals surface area (Å²) in [5, 5.41) is 7.59. The first kappa shape index (κ1) is 11.7. The number of rotatable bonds is 1. The molecule has 21 heavy (non-hydrogen) atoms. The zero-order valence-electron chi connectivity index (χ0n) is 11.5. The van der Waals surface area contributed by atoms with Crippen LogP contribution >= 0.6 is 0 Å². The lowest BCUT2D eigenvalue weighted by atomic mass is 9.68. The molecular weight excluding hydrogens is 270 g/mol. The van der Waals surface area contributed by atoms with Crippen molar-refractivity contribution in [3.63, 3.8) is 0 Å². The van der Waals surface area contributed by atoms with E-state index in [1.807, 2.05) is 4.90 Å². The van der Waals surface area contributed by atoms with Crippen molar-refractivity contribution in [3.8, 4) is 0 Å². The van der Waals surface area contributed by atoms with Crippen LogP contribution in [0.1, 0.15) is 29.6 Å². The van der Waals surface area contributed by atoms with E-state index in [9.17, 15) is 4.79 Å². The van der Waals surface area contributed by atoms with Gasteiger partial charge in [-0.25, -0.2) is 4.63 Å². The van der Waals surface area contributed by atoms with Gasteiger partial charge in [0.1, 0.15) is 11.0 Å². The van der Waals surface area contributed by atoms with Crippen molar-refractivity contribution >= 4 is 16.9 Å². The molecule has 1 amide bonds. The van der Waals surface area contributed by atoms with Gasteiger partial charge in [0, 0.05) is 17.0 Å². The van der Waals surface area contributed by atoms with Gasteiger partial charge in [-0.05, 0) is 41.4 Å². The van der Waals surface area contributed by atoms with E-state index in [4.69, 9.17) is 9.37 Å². The number of hydrogen-bond acceptors (Lipinski definition) is 5.